The van der Waals surface area contributed by atoms with E-state index in [2.05, 4.69) is 45.7 Å². The fourth-order valence-electron chi connectivity index (χ4n) is 2.70. The van der Waals surface area contributed by atoms with E-state index >= 15 is 0 Å². The first-order chi connectivity index (χ1) is 12.8. The van der Waals surface area contributed by atoms with Gasteiger partial charge in [-0.1, -0.05) is 36.4 Å². The van der Waals surface area contributed by atoms with Gasteiger partial charge in [0.2, 0.25) is 0 Å². The van der Waals surface area contributed by atoms with Gasteiger partial charge in [-0.25, -0.2) is 8.42 Å². The lowest BCUT2D eigenvalue weighted by Gasteiger charge is -2.22. The Kier molecular flexibility index (Phi) is 7.74. The molecule has 0 aliphatic rings. The van der Waals surface area contributed by atoms with E-state index in [0.29, 0.717) is 6.54 Å². The highest BCUT2D eigenvalue weighted by Crippen LogP contribution is 2.15. The number of nitrogens with one attached hydrogen (secondary N) is 1. The van der Waals surface area contributed by atoms with Gasteiger partial charge >= 0.3 is 0 Å². The minimum atomic E-state index is -3.01. The average Bonchev–Trinajstić information content (AvgIpc) is 2.63. The highest BCUT2D eigenvalue weighted by molar-refractivity contribution is 7.98. The standard InChI is InChI=1S/C20H27N3O2S2/c1-21-20(23(2)14-17-9-11-19(26-3)12-10-17)22-13-16-5-7-18(8-6-16)15-27(4,24)25/h5-12H,13-15H2,1-4H3,(H,21,22). The Bertz CT molecular complexity index is 861. The van der Waals surface area contributed by atoms with Crippen molar-refractivity contribution in [2.45, 2.75) is 23.7 Å². The summed E-state index contributed by atoms with van der Waals surface area (Å²) in [5.74, 6) is 0.879. The van der Waals surface area contributed by atoms with Gasteiger partial charge in [0.1, 0.15) is 0 Å². The first kappa shape index (κ1) is 21.3. The molecule has 146 valence electrons. The van der Waals surface area contributed by atoms with Crippen molar-refractivity contribution >= 4 is 27.6 Å². The van der Waals surface area contributed by atoms with Crippen molar-refractivity contribution in [3.05, 3.63) is 65.2 Å². The smallest absolute Gasteiger partial charge is 0.193 e. The minimum Gasteiger partial charge on any atom is -0.352 e. The lowest BCUT2D eigenvalue weighted by Crippen LogP contribution is -2.38. The van der Waals surface area contributed by atoms with Gasteiger partial charge < -0.3 is 10.2 Å². The normalized spacial score (nSPS) is 12.1. The second kappa shape index (κ2) is 9.80. The third-order valence-electron chi connectivity index (χ3n) is 4.05. The molecule has 0 saturated heterocycles. The van der Waals surface area contributed by atoms with E-state index in [4.69, 9.17) is 0 Å². The van der Waals surface area contributed by atoms with Crippen LogP contribution in [0.4, 0.5) is 0 Å². The molecular formula is C20H27N3O2S2. The molecule has 0 aliphatic carbocycles. The van der Waals surface area contributed by atoms with Gasteiger partial charge in [0, 0.05) is 38.3 Å². The SMILES string of the molecule is CN=C(NCc1ccc(CS(C)(=O)=O)cc1)N(C)Cc1ccc(SC)cc1. The number of sulfone groups is 1. The van der Waals surface area contributed by atoms with Crippen molar-refractivity contribution < 1.29 is 8.42 Å². The van der Waals surface area contributed by atoms with Crippen LogP contribution in [0.5, 0.6) is 0 Å². The first-order valence-corrected chi connectivity index (χ1v) is 11.9. The average molecular weight is 406 g/mol. The molecule has 27 heavy (non-hydrogen) atoms. The lowest BCUT2D eigenvalue weighted by molar-refractivity contribution is 0.476. The summed E-state index contributed by atoms with van der Waals surface area (Å²) in [7, 11) is 0.768. The molecule has 2 aromatic rings. The van der Waals surface area contributed by atoms with E-state index in [9.17, 15) is 8.42 Å². The molecule has 5 nitrogen and oxygen atoms in total. The Balaban J connectivity index is 1.92. The Labute approximate surface area is 166 Å². The van der Waals surface area contributed by atoms with Crippen LogP contribution in [0.3, 0.4) is 0 Å². The summed E-state index contributed by atoms with van der Waals surface area (Å²) in [6.45, 7) is 1.39. The Morgan fingerprint density at radius 1 is 1.04 bits per heavy atom. The van der Waals surface area contributed by atoms with Crippen LogP contribution in [0.1, 0.15) is 16.7 Å². The molecule has 0 unspecified atom stereocenters. The van der Waals surface area contributed by atoms with Crippen molar-refractivity contribution in [2.75, 3.05) is 26.6 Å². The van der Waals surface area contributed by atoms with Gasteiger partial charge in [-0.2, -0.15) is 0 Å². The second-order valence-corrected chi connectivity index (χ2v) is 9.51. The fraction of sp³-hybridized carbons (Fsp3) is 0.350. The van der Waals surface area contributed by atoms with Gasteiger partial charge in [0.05, 0.1) is 5.75 Å². The third-order valence-corrected chi connectivity index (χ3v) is 5.66. The predicted molar refractivity (Wildman–Crippen MR) is 115 cm³/mol. The van der Waals surface area contributed by atoms with Crippen LogP contribution in [-0.4, -0.2) is 45.9 Å². The highest BCUT2D eigenvalue weighted by Gasteiger charge is 2.08. The number of thioether (sulfide) groups is 1. The quantitative estimate of drug-likeness (QED) is 0.436. The molecule has 0 spiro atoms. The van der Waals surface area contributed by atoms with Crippen LogP contribution >= 0.6 is 11.8 Å². The maximum Gasteiger partial charge on any atom is 0.193 e. The van der Waals surface area contributed by atoms with Gasteiger partial charge in [-0.3, -0.25) is 4.99 Å². The first-order valence-electron chi connectivity index (χ1n) is 8.61. The summed E-state index contributed by atoms with van der Waals surface area (Å²) in [5, 5.41) is 3.35. The van der Waals surface area contributed by atoms with Crippen molar-refractivity contribution in [2.24, 2.45) is 4.99 Å². The molecule has 0 saturated carbocycles. The van der Waals surface area contributed by atoms with Gasteiger partial charge in [0.15, 0.2) is 15.8 Å². The van der Waals surface area contributed by atoms with E-state index < -0.39 is 9.84 Å². The van der Waals surface area contributed by atoms with Crippen LogP contribution < -0.4 is 5.32 Å². The van der Waals surface area contributed by atoms with Crippen molar-refractivity contribution in [1.29, 1.82) is 0 Å². The van der Waals surface area contributed by atoms with E-state index in [1.807, 2.05) is 31.3 Å². The number of aliphatic imine (C=N–C) groups is 1. The monoisotopic (exact) mass is 405 g/mol. The summed E-state index contributed by atoms with van der Waals surface area (Å²) in [4.78, 5) is 7.68. The summed E-state index contributed by atoms with van der Waals surface area (Å²) in [6, 6.07) is 16.1. The predicted octanol–water partition coefficient (Wildman–Crippen LogP) is 3.16. The molecule has 0 heterocycles. The number of hydrogen-bond donors (Lipinski definition) is 1. The van der Waals surface area contributed by atoms with Gasteiger partial charge in [-0.05, 0) is 35.1 Å². The van der Waals surface area contributed by atoms with E-state index in [1.54, 1.807) is 18.8 Å². The third kappa shape index (κ3) is 7.27. The number of benzene rings is 2. The Morgan fingerprint density at radius 3 is 2.11 bits per heavy atom. The Morgan fingerprint density at radius 2 is 1.59 bits per heavy atom. The molecular weight excluding hydrogens is 378 g/mol. The van der Waals surface area contributed by atoms with Crippen LogP contribution in [0.25, 0.3) is 0 Å². The molecule has 1 N–H and O–H groups in total. The van der Waals surface area contributed by atoms with Crippen molar-refractivity contribution in [1.82, 2.24) is 10.2 Å². The summed E-state index contributed by atoms with van der Waals surface area (Å²) < 4.78 is 22.7. The molecule has 7 heteroatoms. The zero-order valence-electron chi connectivity index (χ0n) is 16.3. The zero-order valence-corrected chi connectivity index (χ0v) is 17.9. The van der Waals surface area contributed by atoms with Crippen molar-refractivity contribution in [3.63, 3.8) is 0 Å². The summed E-state index contributed by atoms with van der Waals surface area (Å²) in [5.41, 5.74) is 3.10. The maximum absolute atomic E-state index is 11.4. The number of guanidine groups is 1. The maximum atomic E-state index is 11.4. The molecule has 0 bridgehead atoms. The summed E-state index contributed by atoms with van der Waals surface area (Å²) >= 11 is 1.73. The zero-order chi connectivity index (χ0) is 19.9. The van der Waals surface area contributed by atoms with Crippen LogP contribution in [-0.2, 0) is 28.7 Å². The molecule has 0 atom stereocenters. The molecule has 0 aliphatic heterocycles. The van der Waals surface area contributed by atoms with E-state index in [1.165, 1.54) is 16.7 Å². The van der Waals surface area contributed by atoms with E-state index in [0.717, 1.165) is 23.6 Å². The van der Waals surface area contributed by atoms with Gasteiger partial charge in [0.25, 0.3) is 0 Å². The molecule has 2 rings (SSSR count). The molecule has 0 amide bonds. The van der Waals surface area contributed by atoms with Crippen molar-refractivity contribution in [3.8, 4) is 0 Å². The largest absolute Gasteiger partial charge is 0.352 e. The molecule has 0 aromatic heterocycles. The lowest BCUT2D eigenvalue weighted by atomic mass is 10.1. The molecule has 0 radical (unpaired) electrons. The van der Waals surface area contributed by atoms with Gasteiger partial charge in [-0.15, -0.1) is 11.8 Å². The van der Waals surface area contributed by atoms with Crippen LogP contribution in [0, 0.1) is 0 Å². The molecule has 2 aromatic carbocycles. The second-order valence-electron chi connectivity index (χ2n) is 6.49. The van der Waals surface area contributed by atoms with Crippen LogP contribution in [0.15, 0.2) is 58.4 Å². The minimum absolute atomic E-state index is 0.0699. The number of nitrogens with zero attached hydrogens (tertiary/aromatic N) is 2. The van der Waals surface area contributed by atoms with E-state index in [-0.39, 0.29) is 5.75 Å². The highest BCUT2D eigenvalue weighted by atomic mass is 32.2. The topological polar surface area (TPSA) is 61.8 Å². The number of rotatable bonds is 7. The Hall–Kier alpha value is -1.99. The van der Waals surface area contributed by atoms with Crippen LogP contribution in [0.2, 0.25) is 0 Å². The fourth-order valence-corrected chi connectivity index (χ4v) is 3.91. The summed E-state index contributed by atoms with van der Waals surface area (Å²) in [6.07, 6.45) is 3.32. The molecule has 0 fully saturated rings. The number of hydrogen-bond acceptors (Lipinski definition) is 4.